The van der Waals surface area contributed by atoms with E-state index in [4.69, 9.17) is 5.73 Å². The molecule has 0 saturated carbocycles. The highest BCUT2D eigenvalue weighted by Crippen LogP contribution is 2.19. The molecule has 0 fully saturated rings. The van der Waals surface area contributed by atoms with Crippen molar-refractivity contribution < 1.29 is 14.4 Å². The van der Waals surface area contributed by atoms with Crippen molar-refractivity contribution in [1.82, 2.24) is 20.4 Å². The Balaban J connectivity index is 2.13. The molecular formula is C18H23N5O3. The molecule has 0 saturated heterocycles. The molecule has 3 amide bonds. The van der Waals surface area contributed by atoms with E-state index in [-0.39, 0.29) is 18.7 Å². The van der Waals surface area contributed by atoms with Crippen LogP contribution in [0.1, 0.15) is 19.0 Å². The molecule has 0 aliphatic carbocycles. The van der Waals surface area contributed by atoms with E-state index in [0.29, 0.717) is 6.54 Å². The van der Waals surface area contributed by atoms with Crippen LogP contribution in [0.5, 0.6) is 0 Å². The quantitative estimate of drug-likeness (QED) is 0.626. The molecule has 138 valence electrons. The van der Waals surface area contributed by atoms with Gasteiger partial charge in [-0.2, -0.15) is 5.10 Å². The number of hydrogen-bond donors (Lipinski definition) is 3. The zero-order valence-electron chi connectivity index (χ0n) is 14.9. The summed E-state index contributed by atoms with van der Waals surface area (Å²) in [6, 6.07) is 10.5. The number of nitrogens with zero attached hydrogens (tertiary/aromatic N) is 2. The fraction of sp³-hybridized carbons (Fsp3) is 0.333. The van der Waals surface area contributed by atoms with Gasteiger partial charge in [0.2, 0.25) is 17.7 Å². The maximum atomic E-state index is 12.4. The van der Waals surface area contributed by atoms with Gasteiger partial charge in [0.1, 0.15) is 6.04 Å². The maximum absolute atomic E-state index is 12.4. The van der Waals surface area contributed by atoms with Crippen LogP contribution in [0.3, 0.4) is 0 Å². The van der Waals surface area contributed by atoms with Crippen molar-refractivity contribution >= 4 is 17.7 Å². The lowest BCUT2D eigenvalue weighted by atomic mass is 10.1. The Morgan fingerprint density at radius 1 is 1.23 bits per heavy atom. The van der Waals surface area contributed by atoms with Gasteiger partial charge in [0, 0.05) is 24.8 Å². The summed E-state index contributed by atoms with van der Waals surface area (Å²) in [5.74, 6) is -1.51. The zero-order chi connectivity index (χ0) is 19.1. The SMILES string of the molecule is CCn1nc(-c2ccccc2)cc1CC(=O)N[C@@H](CC(N)=O)C(=O)NC. The third kappa shape index (κ3) is 4.92. The summed E-state index contributed by atoms with van der Waals surface area (Å²) in [7, 11) is 1.43. The van der Waals surface area contributed by atoms with E-state index in [1.165, 1.54) is 7.05 Å². The van der Waals surface area contributed by atoms with Crippen LogP contribution in [0.4, 0.5) is 0 Å². The highest BCUT2D eigenvalue weighted by atomic mass is 16.2. The molecule has 8 nitrogen and oxygen atoms in total. The Morgan fingerprint density at radius 3 is 2.50 bits per heavy atom. The maximum Gasteiger partial charge on any atom is 0.242 e. The fourth-order valence-corrected chi connectivity index (χ4v) is 2.62. The molecule has 1 heterocycles. The largest absolute Gasteiger partial charge is 0.370 e. The second-order valence-corrected chi connectivity index (χ2v) is 5.78. The van der Waals surface area contributed by atoms with Crippen molar-refractivity contribution in [2.24, 2.45) is 5.73 Å². The Kier molecular flexibility index (Phi) is 6.48. The molecular weight excluding hydrogens is 334 g/mol. The van der Waals surface area contributed by atoms with Crippen molar-refractivity contribution in [3.8, 4) is 11.3 Å². The van der Waals surface area contributed by atoms with Crippen LogP contribution in [0.25, 0.3) is 11.3 Å². The van der Waals surface area contributed by atoms with Crippen molar-refractivity contribution in [3.05, 3.63) is 42.1 Å². The molecule has 0 aliphatic rings. The Bertz CT molecular complexity index is 785. The first-order chi connectivity index (χ1) is 12.4. The number of nitrogens with two attached hydrogens (primary N) is 1. The monoisotopic (exact) mass is 357 g/mol. The van der Waals surface area contributed by atoms with Gasteiger partial charge in [-0.15, -0.1) is 0 Å². The minimum Gasteiger partial charge on any atom is -0.370 e. The minimum absolute atomic E-state index is 0.0416. The summed E-state index contributed by atoms with van der Waals surface area (Å²) < 4.78 is 1.74. The third-order valence-corrected chi connectivity index (χ3v) is 3.88. The topological polar surface area (TPSA) is 119 Å². The first-order valence-corrected chi connectivity index (χ1v) is 8.36. The average molecular weight is 357 g/mol. The minimum atomic E-state index is -0.989. The average Bonchev–Trinajstić information content (AvgIpc) is 3.03. The molecule has 0 aliphatic heterocycles. The summed E-state index contributed by atoms with van der Waals surface area (Å²) >= 11 is 0. The highest BCUT2D eigenvalue weighted by Gasteiger charge is 2.22. The molecule has 0 radical (unpaired) electrons. The number of aryl methyl sites for hydroxylation is 1. The van der Waals surface area contributed by atoms with Crippen LogP contribution in [0, 0.1) is 0 Å². The molecule has 8 heteroatoms. The Hall–Kier alpha value is -3.16. The number of amides is 3. The zero-order valence-corrected chi connectivity index (χ0v) is 14.9. The van der Waals surface area contributed by atoms with E-state index < -0.39 is 17.9 Å². The standard InChI is InChI=1S/C18H23N5O3/c1-3-23-13(9-14(22-23)12-7-5-4-6-8-12)10-17(25)21-15(11-16(19)24)18(26)20-2/h4-9,15H,3,10-11H2,1-2H3,(H2,19,24)(H,20,26)(H,21,25)/t15-/m0/s1. The van der Waals surface area contributed by atoms with Crippen molar-refractivity contribution in [2.75, 3.05) is 7.05 Å². The van der Waals surface area contributed by atoms with Crippen LogP contribution in [0.15, 0.2) is 36.4 Å². The van der Waals surface area contributed by atoms with Gasteiger partial charge in [-0.25, -0.2) is 0 Å². The number of primary amides is 1. The smallest absolute Gasteiger partial charge is 0.242 e. The van der Waals surface area contributed by atoms with E-state index in [0.717, 1.165) is 17.0 Å². The van der Waals surface area contributed by atoms with Crippen LogP contribution in [0.2, 0.25) is 0 Å². The lowest BCUT2D eigenvalue weighted by molar-refractivity contribution is -0.130. The van der Waals surface area contributed by atoms with E-state index in [9.17, 15) is 14.4 Å². The normalized spacial score (nSPS) is 11.6. The summed E-state index contributed by atoms with van der Waals surface area (Å²) in [5, 5.41) is 9.48. The van der Waals surface area contributed by atoms with Crippen molar-refractivity contribution in [3.63, 3.8) is 0 Å². The van der Waals surface area contributed by atoms with Crippen LogP contribution in [-0.4, -0.2) is 40.6 Å². The Labute approximate surface area is 151 Å². The molecule has 0 spiro atoms. The van der Waals surface area contributed by atoms with Gasteiger partial charge < -0.3 is 16.4 Å². The van der Waals surface area contributed by atoms with Crippen molar-refractivity contribution in [2.45, 2.75) is 32.4 Å². The fourth-order valence-electron chi connectivity index (χ4n) is 2.62. The summed E-state index contributed by atoms with van der Waals surface area (Å²) in [4.78, 5) is 35.3. The molecule has 1 aromatic carbocycles. The first-order valence-electron chi connectivity index (χ1n) is 8.36. The molecule has 0 bridgehead atoms. The van der Waals surface area contributed by atoms with Crippen LogP contribution in [-0.2, 0) is 27.3 Å². The number of hydrogen-bond acceptors (Lipinski definition) is 4. The van der Waals surface area contributed by atoms with E-state index >= 15 is 0 Å². The number of carbonyl (C=O) groups is 3. The summed E-state index contributed by atoms with van der Waals surface area (Å²) in [5.41, 5.74) is 7.59. The number of likely N-dealkylation sites (N-methyl/N-ethyl adjacent to an activating group) is 1. The Morgan fingerprint density at radius 2 is 1.92 bits per heavy atom. The van der Waals surface area contributed by atoms with Gasteiger partial charge in [-0.05, 0) is 13.0 Å². The number of aromatic nitrogens is 2. The number of nitrogens with one attached hydrogen (secondary N) is 2. The van der Waals surface area contributed by atoms with Crippen LogP contribution < -0.4 is 16.4 Å². The third-order valence-electron chi connectivity index (χ3n) is 3.88. The number of rotatable bonds is 8. The molecule has 26 heavy (non-hydrogen) atoms. The number of carbonyl (C=O) groups excluding carboxylic acids is 3. The van der Waals surface area contributed by atoms with Gasteiger partial charge in [0.15, 0.2) is 0 Å². The van der Waals surface area contributed by atoms with Gasteiger partial charge >= 0.3 is 0 Å². The molecule has 0 unspecified atom stereocenters. The van der Waals surface area contributed by atoms with Gasteiger partial charge in [-0.1, -0.05) is 30.3 Å². The first kappa shape index (κ1) is 19.2. The van der Waals surface area contributed by atoms with Gasteiger partial charge in [0.05, 0.1) is 18.5 Å². The molecule has 1 aromatic heterocycles. The second kappa shape index (κ2) is 8.80. The number of benzene rings is 1. The van der Waals surface area contributed by atoms with Gasteiger partial charge in [-0.3, -0.25) is 19.1 Å². The molecule has 1 atom stereocenters. The molecule has 4 N–H and O–H groups in total. The van der Waals surface area contributed by atoms with E-state index in [1.54, 1.807) is 4.68 Å². The van der Waals surface area contributed by atoms with Gasteiger partial charge in [0.25, 0.3) is 0 Å². The predicted octanol–water partition coefficient (Wildman–Crippen LogP) is 0.219. The molecule has 2 aromatic rings. The van der Waals surface area contributed by atoms with Crippen molar-refractivity contribution in [1.29, 1.82) is 0 Å². The summed E-state index contributed by atoms with van der Waals surface area (Å²) in [6.45, 7) is 2.54. The highest BCUT2D eigenvalue weighted by molar-refractivity contribution is 5.91. The van der Waals surface area contributed by atoms with E-state index in [2.05, 4.69) is 15.7 Å². The van der Waals surface area contributed by atoms with E-state index in [1.807, 2.05) is 43.3 Å². The lowest BCUT2D eigenvalue weighted by Crippen LogP contribution is -2.48. The summed E-state index contributed by atoms with van der Waals surface area (Å²) in [6.07, 6.45) is -0.215. The molecule has 2 rings (SSSR count). The predicted molar refractivity (Wildman–Crippen MR) is 96.8 cm³/mol. The second-order valence-electron chi connectivity index (χ2n) is 5.78. The lowest BCUT2D eigenvalue weighted by Gasteiger charge is -2.15. The van der Waals surface area contributed by atoms with Crippen LogP contribution >= 0.6 is 0 Å².